The quantitative estimate of drug-likeness (QED) is 0.655. The maximum Gasteiger partial charge on any atom is 0.170 e. The number of aromatic nitrogens is 1. The van der Waals surface area contributed by atoms with Crippen LogP contribution in [0.4, 0.5) is 5.69 Å². The first kappa shape index (κ1) is 16.6. The number of benzene rings is 2. The number of thiazole rings is 1. The van der Waals surface area contributed by atoms with Crippen LogP contribution in [0.2, 0.25) is 0 Å². The van der Waals surface area contributed by atoms with Crippen LogP contribution in [0, 0.1) is 6.92 Å². The summed E-state index contributed by atoms with van der Waals surface area (Å²) in [6.45, 7) is 2.83. The van der Waals surface area contributed by atoms with Crippen molar-refractivity contribution in [1.29, 1.82) is 0 Å². The molecule has 0 bridgehead atoms. The maximum absolute atomic E-state index is 5.31. The SMILES string of the molecule is Cc1nc(-c2ccc(CCNC(=S)Nc3ccccc3)cc2)cs1. The van der Waals surface area contributed by atoms with Crippen molar-refractivity contribution in [2.45, 2.75) is 13.3 Å². The zero-order valence-corrected chi connectivity index (χ0v) is 15.1. The van der Waals surface area contributed by atoms with Crippen molar-refractivity contribution in [3.8, 4) is 11.3 Å². The van der Waals surface area contributed by atoms with Gasteiger partial charge in [-0.25, -0.2) is 4.98 Å². The van der Waals surface area contributed by atoms with E-state index in [1.807, 2.05) is 37.3 Å². The topological polar surface area (TPSA) is 37.0 Å². The van der Waals surface area contributed by atoms with Gasteiger partial charge in [-0.15, -0.1) is 11.3 Å². The first-order valence-corrected chi connectivity index (χ1v) is 9.11. The monoisotopic (exact) mass is 353 g/mol. The molecule has 122 valence electrons. The third kappa shape index (κ3) is 4.63. The number of hydrogen-bond donors (Lipinski definition) is 2. The van der Waals surface area contributed by atoms with Gasteiger partial charge in [-0.05, 0) is 43.3 Å². The Morgan fingerprint density at radius 1 is 1.08 bits per heavy atom. The van der Waals surface area contributed by atoms with E-state index < -0.39 is 0 Å². The fourth-order valence-corrected chi connectivity index (χ4v) is 3.20. The van der Waals surface area contributed by atoms with Gasteiger partial charge >= 0.3 is 0 Å². The smallest absolute Gasteiger partial charge is 0.170 e. The summed E-state index contributed by atoms with van der Waals surface area (Å²) in [5.41, 5.74) is 4.49. The van der Waals surface area contributed by atoms with Gasteiger partial charge in [0.25, 0.3) is 0 Å². The summed E-state index contributed by atoms with van der Waals surface area (Å²) in [7, 11) is 0. The Hall–Kier alpha value is -2.24. The number of nitrogens with zero attached hydrogens (tertiary/aromatic N) is 1. The lowest BCUT2D eigenvalue weighted by molar-refractivity contribution is 0.873. The van der Waals surface area contributed by atoms with Gasteiger partial charge < -0.3 is 10.6 Å². The highest BCUT2D eigenvalue weighted by Crippen LogP contribution is 2.21. The first-order valence-electron chi connectivity index (χ1n) is 7.82. The Balaban J connectivity index is 1.47. The third-order valence-electron chi connectivity index (χ3n) is 3.60. The van der Waals surface area contributed by atoms with Crippen LogP contribution in [0.1, 0.15) is 10.6 Å². The van der Waals surface area contributed by atoms with E-state index in [0.717, 1.165) is 34.9 Å². The largest absolute Gasteiger partial charge is 0.362 e. The van der Waals surface area contributed by atoms with Crippen LogP contribution >= 0.6 is 23.6 Å². The Morgan fingerprint density at radius 2 is 1.83 bits per heavy atom. The molecule has 2 N–H and O–H groups in total. The van der Waals surface area contributed by atoms with Crippen molar-refractivity contribution in [1.82, 2.24) is 10.3 Å². The summed E-state index contributed by atoms with van der Waals surface area (Å²) < 4.78 is 0. The highest BCUT2D eigenvalue weighted by atomic mass is 32.1. The van der Waals surface area contributed by atoms with Gasteiger partial charge in [-0.2, -0.15) is 0 Å². The van der Waals surface area contributed by atoms with Crippen molar-refractivity contribution in [2.75, 3.05) is 11.9 Å². The molecular weight excluding hydrogens is 334 g/mol. The van der Waals surface area contributed by atoms with Crippen LogP contribution < -0.4 is 10.6 Å². The Morgan fingerprint density at radius 3 is 2.50 bits per heavy atom. The molecule has 5 heteroatoms. The summed E-state index contributed by atoms with van der Waals surface area (Å²) in [5, 5.41) is 10.3. The fourth-order valence-electron chi connectivity index (χ4n) is 2.36. The maximum atomic E-state index is 5.31. The molecule has 0 saturated heterocycles. The van der Waals surface area contributed by atoms with Crippen LogP contribution in [-0.4, -0.2) is 16.6 Å². The minimum absolute atomic E-state index is 0.649. The van der Waals surface area contributed by atoms with E-state index in [1.165, 1.54) is 5.56 Å². The number of nitrogens with one attached hydrogen (secondary N) is 2. The Kier molecular flexibility index (Phi) is 5.56. The zero-order chi connectivity index (χ0) is 16.8. The minimum atomic E-state index is 0.649. The first-order chi connectivity index (χ1) is 11.7. The highest BCUT2D eigenvalue weighted by Gasteiger charge is 2.02. The molecule has 0 aliphatic heterocycles. The second kappa shape index (κ2) is 8.04. The number of hydrogen-bond acceptors (Lipinski definition) is 3. The van der Waals surface area contributed by atoms with Gasteiger partial charge in [-0.3, -0.25) is 0 Å². The molecule has 3 nitrogen and oxygen atoms in total. The van der Waals surface area contributed by atoms with E-state index in [0.29, 0.717) is 5.11 Å². The summed E-state index contributed by atoms with van der Waals surface area (Å²) in [4.78, 5) is 4.52. The van der Waals surface area contributed by atoms with E-state index in [1.54, 1.807) is 11.3 Å². The molecule has 3 rings (SSSR count). The average Bonchev–Trinajstić information content (AvgIpc) is 3.03. The van der Waals surface area contributed by atoms with Crippen molar-refractivity contribution >= 4 is 34.4 Å². The Bertz CT molecular complexity index is 795. The molecule has 0 spiro atoms. The van der Waals surface area contributed by atoms with Gasteiger partial charge in [0.15, 0.2) is 5.11 Å². The predicted molar refractivity (Wildman–Crippen MR) is 107 cm³/mol. The molecule has 0 radical (unpaired) electrons. The molecule has 2 aromatic carbocycles. The molecule has 0 aliphatic rings. The van der Waals surface area contributed by atoms with Crippen molar-refractivity contribution in [2.24, 2.45) is 0 Å². The molecule has 0 saturated carbocycles. The lowest BCUT2D eigenvalue weighted by Gasteiger charge is -2.10. The number of thiocarbonyl (C=S) groups is 1. The van der Waals surface area contributed by atoms with Crippen LogP contribution in [0.15, 0.2) is 60.0 Å². The van der Waals surface area contributed by atoms with Crippen LogP contribution in [0.5, 0.6) is 0 Å². The molecule has 3 aromatic rings. The molecule has 0 unspecified atom stereocenters. The Labute approximate surface area is 151 Å². The van der Waals surface area contributed by atoms with Gasteiger partial charge in [0.1, 0.15) is 0 Å². The lowest BCUT2D eigenvalue weighted by atomic mass is 10.1. The summed E-state index contributed by atoms with van der Waals surface area (Å²) in [6.07, 6.45) is 0.924. The number of para-hydroxylation sites is 1. The molecule has 1 heterocycles. The van der Waals surface area contributed by atoms with Crippen LogP contribution in [-0.2, 0) is 6.42 Å². The average molecular weight is 354 g/mol. The minimum Gasteiger partial charge on any atom is -0.362 e. The molecule has 0 aliphatic carbocycles. The highest BCUT2D eigenvalue weighted by molar-refractivity contribution is 7.80. The summed E-state index contributed by atoms with van der Waals surface area (Å²) in [5.74, 6) is 0. The zero-order valence-electron chi connectivity index (χ0n) is 13.5. The van der Waals surface area contributed by atoms with Gasteiger partial charge in [0.2, 0.25) is 0 Å². The molecule has 0 fully saturated rings. The fraction of sp³-hybridized carbons (Fsp3) is 0.158. The second-order valence-corrected chi connectivity index (χ2v) is 6.92. The molecule has 24 heavy (non-hydrogen) atoms. The van der Waals surface area contributed by atoms with Crippen molar-refractivity contribution in [3.05, 3.63) is 70.5 Å². The van der Waals surface area contributed by atoms with Crippen molar-refractivity contribution in [3.63, 3.8) is 0 Å². The van der Waals surface area contributed by atoms with Crippen molar-refractivity contribution < 1.29 is 0 Å². The van der Waals surface area contributed by atoms with E-state index >= 15 is 0 Å². The van der Waals surface area contributed by atoms with Crippen LogP contribution in [0.25, 0.3) is 11.3 Å². The van der Waals surface area contributed by atoms with Gasteiger partial charge in [0.05, 0.1) is 10.7 Å². The number of anilines is 1. The third-order valence-corrected chi connectivity index (χ3v) is 4.62. The predicted octanol–water partition coefficient (Wildman–Crippen LogP) is 4.65. The normalized spacial score (nSPS) is 10.4. The molecule has 1 aromatic heterocycles. The molecule has 0 amide bonds. The molecule has 0 atom stereocenters. The van der Waals surface area contributed by atoms with Crippen LogP contribution in [0.3, 0.4) is 0 Å². The van der Waals surface area contributed by atoms with Gasteiger partial charge in [0, 0.05) is 23.2 Å². The van der Waals surface area contributed by atoms with E-state index in [9.17, 15) is 0 Å². The molecular formula is C19H19N3S2. The van der Waals surface area contributed by atoms with Gasteiger partial charge in [-0.1, -0.05) is 42.5 Å². The number of rotatable bonds is 5. The van der Waals surface area contributed by atoms with E-state index in [-0.39, 0.29) is 0 Å². The number of aryl methyl sites for hydroxylation is 1. The summed E-state index contributed by atoms with van der Waals surface area (Å²) in [6, 6.07) is 18.5. The standard InChI is InChI=1S/C19H19N3S2/c1-14-21-18(13-24-14)16-9-7-15(8-10-16)11-12-20-19(23)22-17-5-3-2-4-6-17/h2-10,13H,11-12H2,1H3,(H2,20,22,23). The van der Waals surface area contributed by atoms with E-state index in [2.05, 4.69) is 45.3 Å². The lowest BCUT2D eigenvalue weighted by Crippen LogP contribution is -2.30. The second-order valence-electron chi connectivity index (χ2n) is 5.45. The van der Waals surface area contributed by atoms with E-state index in [4.69, 9.17) is 12.2 Å². The summed E-state index contributed by atoms with van der Waals surface area (Å²) >= 11 is 6.99.